The van der Waals surface area contributed by atoms with Crippen molar-refractivity contribution in [2.45, 2.75) is 12.8 Å². The molecule has 1 heterocycles. The van der Waals surface area contributed by atoms with Gasteiger partial charge in [-0.15, -0.1) is 0 Å². The number of carbonyl (C=O) groups is 3. The highest BCUT2D eigenvalue weighted by Crippen LogP contribution is 2.19. The predicted octanol–water partition coefficient (Wildman–Crippen LogP) is 1.82. The lowest BCUT2D eigenvalue weighted by Gasteiger charge is -2.15. The van der Waals surface area contributed by atoms with Crippen LogP contribution in [-0.2, 0) is 9.59 Å². The van der Waals surface area contributed by atoms with Crippen LogP contribution in [0.3, 0.4) is 0 Å². The monoisotopic (exact) mass is 365 g/mol. The van der Waals surface area contributed by atoms with Crippen LogP contribution in [0, 0.1) is 0 Å². The number of nitrogens with one attached hydrogen (secondary N) is 2. The van der Waals surface area contributed by atoms with Crippen LogP contribution in [0.4, 0.5) is 0 Å². The number of amides is 3. The molecule has 140 valence electrons. The summed E-state index contributed by atoms with van der Waals surface area (Å²) in [5.41, 5.74) is 2.58. The van der Waals surface area contributed by atoms with E-state index in [-0.39, 0.29) is 30.8 Å². The third kappa shape index (κ3) is 5.17. The molecule has 27 heavy (non-hydrogen) atoms. The fraction of sp³-hybridized carbons (Fsp3) is 0.286. The molecule has 2 N–H and O–H groups in total. The molecular weight excluding hydrogens is 342 g/mol. The molecule has 0 unspecified atom stereocenters. The molecular formula is C21H23N3O3. The molecule has 0 saturated carbocycles. The number of carbonyl (C=O) groups excluding carboxylic acids is 3. The van der Waals surface area contributed by atoms with Crippen molar-refractivity contribution < 1.29 is 14.4 Å². The lowest BCUT2D eigenvalue weighted by atomic mass is 10.0. The Hall–Kier alpha value is -3.15. The highest BCUT2D eigenvalue weighted by molar-refractivity contribution is 5.97. The van der Waals surface area contributed by atoms with Crippen LogP contribution in [0.5, 0.6) is 0 Å². The highest BCUT2D eigenvalue weighted by Gasteiger charge is 2.18. The van der Waals surface area contributed by atoms with Crippen LogP contribution in [0.2, 0.25) is 0 Å². The summed E-state index contributed by atoms with van der Waals surface area (Å²) in [5.74, 6) is -0.781. The van der Waals surface area contributed by atoms with Crippen LogP contribution >= 0.6 is 0 Å². The summed E-state index contributed by atoms with van der Waals surface area (Å²) in [5, 5.41) is 5.13. The number of hydrogen-bond donors (Lipinski definition) is 2. The first kappa shape index (κ1) is 18.6. The van der Waals surface area contributed by atoms with Gasteiger partial charge in [0, 0.05) is 18.7 Å². The van der Waals surface area contributed by atoms with E-state index in [0.717, 1.165) is 37.1 Å². The van der Waals surface area contributed by atoms with E-state index in [0.29, 0.717) is 5.56 Å². The molecule has 1 saturated heterocycles. The summed E-state index contributed by atoms with van der Waals surface area (Å²) in [4.78, 5) is 37.6. The highest BCUT2D eigenvalue weighted by atomic mass is 16.2. The first-order valence-corrected chi connectivity index (χ1v) is 9.11. The second-order valence-corrected chi connectivity index (χ2v) is 6.49. The quantitative estimate of drug-likeness (QED) is 0.820. The van der Waals surface area contributed by atoms with Gasteiger partial charge in [0.15, 0.2) is 0 Å². The Labute approximate surface area is 158 Å². The van der Waals surface area contributed by atoms with Crippen molar-refractivity contribution in [3.05, 3.63) is 60.2 Å². The van der Waals surface area contributed by atoms with Gasteiger partial charge in [-0.05, 0) is 36.1 Å². The number of likely N-dealkylation sites (tertiary alicyclic amines) is 1. The average Bonchev–Trinajstić information content (AvgIpc) is 3.26. The predicted molar refractivity (Wildman–Crippen MR) is 103 cm³/mol. The van der Waals surface area contributed by atoms with E-state index in [9.17, 15) is 14.4 Å². The molecule has 0 atom stereocenters. The zero-order chi connectivity index (χ0) is 19.1. The summed E-state index contributed by atoms with van der Waals surface area (Å²) in [6.45, 7) is 1.32. The first-order chi connectivity index (χ1) is 13.1. The van der Waals surface area contributed by atoms with E-state index in [1.54, 1.807) is 17.0 Å². The maximum absolute atomic E-state index is 12.2. The minimum Gasteiger partial charge on any atom is -0.345 e. The Morgan fingerprint density at radius 1 is 0.778 bits per heavy atom. The second-order valence-electron chi connectivity index (χ2n) is 6.49. The Bertz CT molecular complexity index is 797. The van der Waals surface area contributed by atoms with Gasteiger partial charge in [0.25, 0.3) is 5.91 Å². The molecule has 1 aliphatic rings. The zero-order valence-electron chi connectivity index (χ0n) is 15.1. The van der Waals surface area contributed by atoms with E-state index >= 15 is 0 Å². The van der Waals surface area contributed by atoms with Gasteiger partial charge in [-0.1, -0.05) is 42.5 Å². The van der Waals surface area contributed by atoms with Crippen LogP contribution < -0.4 is 10.6 Å². The summed E-state index contributed by atoms with van der Waals surface area (Å²) >= 11 is 0. The molecule has 0 aliphatic carbocycles. The molecule has 3 rings (SSSR count). The van der Waals surface area contributed by atoms with Crippen LogP contribution in [0.1, 0.15) is 23.2 Å². The fourth-order valence-corrected chi connectivity index (χ4v) is 3.02. The normalized spacial score (nSPS) is 13.3. The summed E-state index contributed by atoms with van der Waals surface area (Å²) in [6.07, 6.45) is 2.03. The SMILES string of the molecule is O=C(CNC(=O)c1ccc(-c2ccccc2)cc1)NCC(=O)N1CCCC1. The Morgan fingerprint density at radius 2 is 1.41 bits per heavy atom. The number of hydrogen-bond acceptors (Lipinski definition) is 3. The van der Waals surface area contributed by atoms with Crippen molar-refractivity contribution in [3.63, 3.8) is 0 Å². The van der Waals surface area contributed by atoms with Crippen LogP contribution in [0.15, 0.2) is 54.6 Å². The molecule has 1 aliphatic heterocycles. The minimum atomic E-state index is -0.378. The summed E-state index contributed by atoms with van der Waals surface area (Å²) in [7, 11) is 0. The largest absolute Gasteiger partial charge is 0.345 e. The molecule has 6 nitrogen and oxygen atoms in total. The van der Waals surface area contributed by atoms with Crippen LogP contribution in [-0.4, -0.2) is 48.8 Å². The molecule has 0 radical (unpaired) electrons. The second kappa shape index (κ2) is 8.98. The molecule has 3 amide bonds. The first-order valence-electron chi connectivity index (χ1n) is 9.11. The van der Waals surface area contributed by atoms with Crippen molar-refractivity contribution in [2.75, 3.05) is 26.2 Å². The van der Waals surface area contributed by atoms with Crippen molar-refractivity contribution in [3.8, 4) is 11.1 Å². The summed E-state index contributed by atoms with van der Waals surface area (Å²) in [6, 6.07) is 17.1. The van der Waals surface area contributed by atoms with E-state index in [1.807, 2.05) is 42.5 Å². The number of benzene rings is 2. The fourth-order valence-electron chi connectivity index (χ4n) is 3.02. The maximum atomic E-state index is 12.2. The van der Waals surface area contributed by atoms with Crippen LogP contribution in [0.25, 0.3) is 11.1 Å². The minimum absolute atomic E-state index is 0.0273. The van der Waals surface area contributed by atoms with Gasteiger partial charge in [-0.25, -0.2) is 0 Å². The lowest BCUT2D eigenvalue weighted by Crippen LogP contribution is -2.42. The van der Waals surface area contributed by atoms with E-state index in [4.69, 9.17) is 0 Å². The third-order valence-corrected chi connectivity index (χ3v) is 4.56. The topological polar surface area (TPSA) is 78.5 Å². The van der Waals surface area contributed by atoms with Crippen molar-refractivity contribution in [1.29, 1.82) is 0 Å². The number of nitrogens with zero attached hydrogens (tertiary/aromatic N) is 1. The molecule has 0 aromatic heterocycles. The molecule has 1 fully saturated rings. The lowest BCUT2D eigenvalue weighted by molar-refractivity contribution is -0.131. The summed E-state index contributed by atoms with van der Waals surface area (Å²) < 4.78 is 0. The molecule has 0 bridgehead atoms. The Morgan fingerprint density at radius 3 is 2.07 bits per heavy atom. The molecule has 6 heteroatoms. The average molecular weight is 365 g/mol. The number of rotatable bonds is 6. The van der Waals surface area contributed by atoms with Crippen molar-refractivity contribution in [1.82, 2.24) is 15.5 Å². The Kier molecular flexibility index (Phi) is 6.20. The van der Waals surface area contributed by atoms with Gasteiger partial charge >= 0.3 is 0 Å². The molecule has 0 spiro atoms. The van der Waals surface area contributed by atoms with Crippen molar-refractivity contribution >= 4 is 17.7 Å². The van der Waals surface area contributed by atoms with E-state index in [1.165, 1.54) is 0 Å². The molecule has 2 aromatic carbocycles. The Balaban J connectivity index is 1.44. The van der Waals surface area contributed by atoms with Crippen molar-refractivity contribution in [2.24, 2.45) is 0 Å². The van der Waals surface area contributed by atoms with Gasteiger partial charge in [0.05, 0.1) is 13.1 Å². The standard InChI is InChI=1S/C21H23N3O3/c25-19(22-15-20(26)24-12-4-5-13-24)14-23-21(27)18-10-8-17(9-11-18)16-6-2-1-3-7-16/h1-3,6-11H,4-5,12-15H2,(H,22,25)(H,23,27). The van der Waals surface area contributed by atoms with Gasteiger partial charge in [0.2, 0.25) is 11.8 Å². The van der Waals surface area contributed by atoms with Gasteiger partial charge in [0.1, 0.15) is 0 Å². The van der Waals surface area contributed by atoms with E-state index in [2.05, 4.69) is 10.6 Å². The smallest absolute Gasteiger partial charge is 0.251 e. The third-order valence-electron chi connectivity index (χ3n) is 4.56. The van der Waals surface area contributed by atoms with Gasteiger partial charge in [-0.3, -0.25) is 14.4 Å². The molecule has 2 aromatic rings. The van der Waals surface area contributed by atoms with Gasteiger partial charge < -0.3 is 15.5 Å². The zero-order valence-corrected chi connectivity index (χ0v) is 15.1. The van der Waals surface area contributed by atoms with Gasteiger partial charge in [-0.2, -0.15) is 0 Å². The maximum Gasteiger partial charge on any atom is 0.251 e. The van der Waals surface area contributed by atoms with E-state index < -0.39 is 0 Å².